The largest absolute Gasteiger partial charge is 0.372 e. The molecule has 0 radical (unpaired) electrons. The van der Waals surface area contributed by atoms with Gasteiger partial charge in [-0.25, -0.2) is 4.39 Å². The number of rotatable bonds is 9. The summed E-state index contributed by atoms with van der Waals surface area (Å²) in [5.74, 6) is 6.33. The lowest BCUT2D eigenvalue weighted by molar-refractivity contribution is 0.153. The van der Waals surface area contributed by atoms with Crippen LogP contribution in [0.4, 0.5) is 4.39 Å². The number of halogens is 1. The van der Waals surface area contributed by atoms with Crippen LogP contribution in [0.2, 0.25) is 0 Å². The average molecular weight is 427 g/mol. The highest BCUT2D eigenvalue weighted by Crippen LogP contribution is 2.29. The molecular formula is C24H35FN6. The Morgan fingerprint density at radius 2 is 1.97 bits per heavy atom. The number of hydrogen-bond acceptors (Lipinski definition) is 6. The van der Waals surface area contributed by atoms with Gasteiger partial charge in [-0.2, -0.15) is 0 Å². The zero-order chi connectivity index (χ0) is 22.2. The molecule has 168 valence electrons. The standard InChI is InChI=1S/C24H35FN6/c1-18-15-21(23(17-28-26)19(2)20-5-7-22(25)8-6-20)16-24(29-18)27-9-4-10-31-13-11-30(3)12-14-31/h5-8,15-18,27-29H,2,4,9-14,26H2,1,3H3/b23-17+. The average Bonchev–Trinajstić information content (AvgIpc) is 2.76. The third-order valence-electron chi connectivity index (χ3n) is 5.73. The summed E-state index contributed by atoms with van der Waals surface area (Å²) in [6.07, 6.45) is 7.03. The fourth-order valence-electron chi connectivity index (χ4n) is 3.90. The maximum atomic E-state index is 13.3. The highest BCUT2D eigenvalue weighted by atomic mass is 19.1. The van der Waals surface area contributed by atoms with Crippen molar-refractivity contribution in [2.24, 2.45) is 5.84 Å². The number of hydrogen-bond donors (Lipinski definition) is 4. The quantitative estimate of drug-likeness (QED) is 0.210. The molecule has 0 spiro atoms. The Hall–Kier alpha value is -2.61. The number of dihydropyridines is 1. The summed E-state index contributed by atoms with van der Waals surface area (Å²) in [6.45, 7) is 12.9. The van der Waals surface area contributed by atoms with Gasteiger partial charge in [0.25, 0.3) is 0 Å². The first-order valence-electron chi connectivity index (χ1n) is 10.9. The highest BCUT2D eigenvalue weighted by Gasteiger charge is 2.17. The third kappa shape index (κ3) is 6.69. The summed E-state index contributed by atoms with van der Waals surface area (Å²) < 4.78 is 13.3. The van der Waals surface area contributed by atoms with Crippen LogP contribution in [0.5, 0.6) is 0 Å². The van der Waals surface area contributed by atoms with Crippen molar-refractivity contribution in [3.05, 3.63) is 77.5 Å². The predicted molar refractivity (Wildman–Crippen MR) is 126 cm³/mol. The van der Waals surface area contributed by atoms with Crippen molar-refractivity contribution >= 4 is 5.57 Å². The monoisotopic (exact) mass is 426 g/mol. The maximum Gasteiger partial charge on any atom is 0.123 e. The molecule has 1 atom stereocenters. The van der Waals surface area contributed by atoms with Gasteiger partial charge in [0.15, 0.2) is 0 Å². The lowest BCUT2D eigenvalue weighted by Crippen LogP contribution is -2.45. The molecule has 7 heteroatoms. The summed E-state index contributed by atoms with van der Waals surface area (Å²) in [5, 5.41) is 7.00. The topological polar surface area (TPSA) is 68.6 Å². The molecule has 0 saturated carbocycles. The summed E-state index contributed by atoms with van der Waals surface area (Å²) in [6, 6.07) is 6.50. The molecular weight excluding hydrogens is 391 g/mol. The lowest BCUT2D eigenvalue weighted by Gasteiger charge is -2.32. The number of nitrogens with two attached hydrogens (primary N) is 1. The van der Waals surface area contributed by atoms with Crippen molar-refractivity contribution in [1.82, 2.24) is 25.9 Å². The Morgan fingerprint density at radius 1 is 1.26 bits per heavy atom. The second-order valence-electron chi connectivity index (χ2n) is 8.25. The molecule has 0 aliphatic carbocycles. The molecule has 2 heterocycles. The van der Waals surface area contributed by atoms with Crippen molar-refractivity contribution in [2.75, 3.05) is 46.3 Å². The van der Waals surface area contributed by atoms with E-state index < -0.39 is 0 Å². The summed E-state index contributed by atoms with van der Waals surface area (Å²) in [7, 11) is 2.18. The van der Waals surface area contributed by atoms with Gasteiger partial charge in [-0.1, -0.05) is 24.8 Å². The summed E-state index contributed by atoms with van der Waals surface area (Å²) in [5.41, 5.74) is 6.15. The number of allylic oxidation sites excluding steroid dienone is 4. The molecule has 6 nitrogen and oxygen atoms in total. The van der Waals surface area contributed by atoms with Crippen LogP contribution in [0.15, 0.2) is 66.2 Å². The molecule has 0 aromatic heterocycles. The normalized spacial score (nSPS) is 20.5. The van der Waals surface area contributed by atoms with Gasteiger partial charge >= 0.3 is 0 Å². The van der Waals surface area contributed by atoms with E-state index in [0.29, 0.717) is 0 Å². The van der Waals surface area contributed by atoms with E-state index in [9.17, 15) is 4.39 Å². The minimum Gasteiger partial charge on any atom is -0.372 e. The van der Waals surface area contributed by atoms with Gasteiger partial charge in [0.05, 0.1) is 5.82 Å². The second-order valence-corrected chi connectivity index (χ2v) is 8.25. The Kier molecular flexibility index (Phi) is 8.28. The first-order valence-corrected chi connectivity index (χ1v) is 10.9. The van der Waals surface area contributed by atoms with Crippen molar-refractivity contribution in [1.29, 1.82) is 0 Å². The smallest absolute Gasteiger partial charge is 0.123 e. The van der Waals surface area contributed by atoms with E-state index in [1.807, 2.05) is 0 Å². The number of piperazine rings is 1. The molecule has 2 aliphatic heterocycles. The van der Waals surface area contributed by atoms with Gasteiger partial charge in [0, 0.05) is 50.5 Å². The molecule has 1 aromatic carbocycles. The number of nitrogens with zero attached hydrogens (tertiary/aromatic N) is 2. The summed E-state index contributed by atoms with van der Waals surface area (Å²) in [4.78, 5) is 4.90. The van der Waals surface area contributed by atoms with Gasteiger partial charge in [-0.3, -0.25) is 5.84 Å². The molecule has 1 saturated heterocycles. The molecule has 1 aromatic rings. The Morgan fingerprint density at radius 3 is 2.65 bits per heavy atom. The maximum absolute atomic E-state index is 13.3. The van der Waals surface area contributed by atoms with Crippen LogP contribution in [-0.2, 0) is 0 Å². The van der Waals surface area contributed by atoms with E-state index in [1.165, 1.54) is 12.1 Å². The summed E-state index contributed by atoms with van der Waals surface area (Å²) >= 11 is 0. The van der Waals surface area contributed by atoms with Crippen molar-refractivity contribution in [2.45, 2.75) is 19.4 Å². The van der Waals surface area contributed by atoms with E-state index in [2.05, 4.69) is 58.6 Å². The van der Waals surface area contributed by atoms with Crippen LogP contribution in [0.3, 0.4) is 0 Å². The van der Waals surface area contributed by atoms with Gasteiger partial charge in [-0.15, -0.1) is 0 Å². The SMILES string of the molecule is C=C(/C(=C\NN)C1=CC(C)NC(NCCCN2CCN(C)CC2)=C1)c1ccc(F)cc1. The fraction of sp³-hybridized carbons (Fsp3) is 0.417. The highest BCUT2D eigenvalue weighted by molar-refractivity contribution is 5.83. The molecule has 0 bridgehead atoms. The lowest BCUT2D eigenvalue weighted by atomic mass is 9.91. The van der Waals surface area contributed by atoms with Crippen LogP contribution in [0.25, 0.3) is 5.57 Å². The van der Waals surface area contributed by atoms with E-state index in [-0.39, 0.29) is 11.9 Å². The zero-order valence-corrected chi connectivity index (χ0v) is 18.6. The van der Waals surface area contributed by atoms with Crippen LogP contribution >= 0.6 is 0 Å². The van der Waals surface area contributed by atoms with Crippen molar-refractivity contribution < 1.29 is 4.39 Å². The molecule has 31 heavy (non-hydrogen) atoms. The minimum absolute atomic E-state index is 0.155. The molecule has 1 fully saturated rings. The number of likely N-dealkylation sites (N-methyl/N-ethyl adjacent to an activating group) is 1. The number of hydrazine groups is 1. The van der Waals surface area contributed by atoms with Crippen molar-refractivity contribution in [3.8, 4) is 0 Å². The fourth-order valence-corrected chi connectivity index (χ4v) is 3.90. The minimum atomic E-state index is -0.267. The molecule has 1 unspecified atom stereocenters. The van der Waals surface area contributed by atoms with E-state index in [1.54, 1.807) is 18.3 Å². The Labute approximate surface area is 185 Å². The molecule has 5 N–H and O–H groups in total. The predicted octanol–water partition coefficient (Wildman–Crippen LogP) is 2.17. The molecule has 2 aliphatic rings. The Bertz CT molecular complexity index is 834. The van der Waals surface area contributed by atoms with E-state index in [4.69, 9.17) is 5.84 Å². The van der Waals surface area contributed by atoms with Gasteiger partial charge in [-0.05, 0) is 61.9 Å². The van der Waals surface area contributed by atoms with Crippen LogP contribution < -0.4 is 21.9 Å². The van der Waals surface area contributed by atoms with Gasteiger partial charge in [0.2, 0.25) is 0 Å². The molecule has 0 amide bonds. The second kappa shape index (κ2) is 11.1. The first kappa shape index (κ1) is 23.1. The van der Waals surface area contributed by atoms with Crippen LogP contribution in [0, 0.1) is 5.82 Å². The van der Waals surface area contributed by atoms with Gasteiger partial charge in [0.1, 0.15) is 5.82 Å². The number of benzene rings is 1. The van der Waals surface area contributed by atoms with Gasteiger partial charge < -0.3 is 25.9 Å². The number of nitrogens with one attached hydrogen (secondary N) is 3. The van der Waals surface area contributed by atoms with E-state index in [0.717, 1.165) is 73.8 Å². The van der Waals surface area contributed by atoms with Crippen LogP contribution in [0.1, 0.15) is 18.9 Å². The first-order chi connectivity index (χ1) is 15.0. The molecule has 3 rings (SSSR count). The van der Waals surface area contributed by atoms with E-state index >= 15 is 0 Å². The Balaban J connectivity index is 1.61. The third-order valence-corrected chi connectivity index (χ3v) is 5.73. The van der Waals surface area contributed by atoms with Crippen LogP contribution in [-0.4, -0.2) is 62.2 Å². The van der Waals surface area contributed by atoms with Crippen molar-refractivity contribution in [3.63, 3.8) is 0 Å². The zero-order valence-electron chi connectivity index (χ0n) is 18.6.